The van der Waals surface area contributed by atoms with Crippen molar-refractivity contribution in [3.8, 4) is 17.2 Å². The predicted molar refractivity (Wildman–Crippen MR) is 94.7 cm³/mol. The number of carbonyl (C=O) groups excluding carboxylic acids is 2. The molecule has 134 valence electrons. The Hall–Kier alpha value is -3.55. The number of para-hydroxylation sites is 2. The lowest BCUT2D eigenvalue weighted by Crippen LogP contribution is -2.44. The van der Waals surface area contributed by atoms with Crippen molar-refractivity contribution >= 4 is 23.7 Å². The average molecular weight is 355 g/mol. The molecule has 2 aromatic rings. The van der Waals surface area contributed by atoms with Gasteiger partial charge in [0, 0.05) is 0 Å². The summed E-state index contributed by atoms with van der Waals surface area (Å²) in [5.74, 6) is 0.109. The van der Waals surface area contributed by atoms with Crippen LogP contribution in [0.15, 0.2) is 47.6 Å². The number of hydrazone groups is 1. The Labute approximate surface area is 149 Å². The standard InChI is InChI=1S/C18H17N3O5/c1-25-16-7-6-12(8-14(16)22)9-19-20-17(23)10-21-13-4-2-3-5-15(13)26-11-18(21)24/h2-9,22H,10-11H2,1H3,(H,20,23)/b19-9-. The van der Waals surface area contributed by atoms with E-state index in [2.05, 4.69) is 10.5 Å². The molecular weight excluding hydrogens is 338 g/mol. The highest BCUT2D eigenvalue weighted by atomic mass is 16.5. The third kappa shape index (κ3) is 3.75. The first-order valence-electron chi connectivity index (χ1n) is 7.79. The number of phenols is 1. The summed E-state index contributed by atoms with van der Waals surface area (Å²) in [6, 6.07) is 11.7. The van der Waals surface area contributed by atoms with Gasteiger partial charge in [0.15, 0.2) is 18.1 Å². The lowest BCUT2D eigenvalue weighted by molar-refractivity contribution is -0.125. The minimum atomic E-state index is -0.455. The first kappa shape index (κ1) is 17.3. The van der Waals surface area contributed by atoms with Crippen LogP contribution >= 0.6 is 0 Å². The number of fused-ring (bicyclic) bond motifs is 1. The number of hydrogen-bond acceptors (Lipinski definition) is 6. The fraction of sp³-hybridized carbons (Fsp3) is 0.167. The number of rotatable bonds is 5. The Kier molecular flexibility index (Phi) is 5.02. The number of carbonyl (C=O) groups is 2. The molecule has 0 atom stereocenters. The molecule has 2 N–H and O–H groups in total. The van der Waals surface area contributed by atoms with Crippen LogP contribution in [0.25, 0.3) is 0 Å². The number of nitrogens with zero attached hydrogens (tertiary/aromatic N) is 2. The van der Waals surface area contributed by atoms with Crippen molar-refractivity contribution in [2.24, 2.45) is 5.10 Å². The molecule has 1 aliphatic rings. The Morgan fingerprint density at radius 3 is 2.96 bits per heavy atom. The van der Waals surface area contributed by atoms with E-state index in [0.29, 0.717) is 22.7 Å². The minimum absolute atomic E-state index is 0.0294. The molecule has 0 spiro atoms. The van der Waals surface area contributed by atoms with Crippen LogP contribution in [0, 0.1) is 0 Å². The van der Waals surface area contributed by atoms with E-state index in [-0.39, 0.29) is 24.8 Å². The van der Waals surface area contributed by atoms with Crippen LogP contribution in [0.1, 0.15) is 5.56 Å². The van der Waals surface area contributed by atoms with E-state index in [9.17, 15) is 14.7 Å². The topological polar surface area (TPSA) is 100 Å². The second-order valence-electron chi connectivity index (χ2n) is 5.46. The Morgan fingerprint density at radius 1 is 1.38 bits per heavy atom. The highest BCUT2D eigenvalue weighted by molar-refractivity contribution is 6.02. The quantitative estimate of drug-likeness (QED) is 0.622. The maximum absolute atomic E-state index is 12.1. The number of anilines is 1. The number of benzene rings is 2. The lowest BCUT2D eigenvalue weighted by Gasteiger charge is -2.28. The smallest absolute Gasteiger partial charge is 0.265 e. The third-order valence-corrected chi connectivity index (χ3v) is 3.72. The summed E-state index contributed by atoms with van der Waals surface area (Å²) in [6.45, 7) is -0.289. The van der Waals surface area contributed by atoms with Crippen LogP contribution in [-0.2, 0) is 9.59 Å². The Morgan fingerprint density at radius 2 is 2.19 bits per heavy atom. The lowest BCUT2D eigenvalue weighted by atomic mass is 10.2. The van der Waals surface area contributed by atoms with Crippen molar-refractivity contribution in [3.05, 3.63) is 48.0 Å². The van der Waals surface area contributed by atoms with E-state index in [1.54, 1.807) is 36.4 Å². The summed E-state index contributed by atoms with van der Waals surface area (Å²) in [6.07, 6.45) is 1.38. The summed E-state index contributed by atoms with van der Waals surface area (Å²) >= 11 is 0. The van der Waals surface area contributed by atoms with Gasteiger partial charge in [-0.15, -0.1) is 0 Å². The molecule has 0 aromatic heterocycles. The monoisotopic (exact) mass is 355 g/mol. The van der Waals surface area contributed by atoms with Crippen LogP contribution < -0.4 is 19.8 Å². The van der Waals surface area contributed by atoms with Gasteiger partial charge in [-0.25, -0.2) is 5.43 Å². The van der Waals surface area contributed by atoms with Gasteiger partial charge in [-0.2, -0.15) is 5.10 Å². The Bertz CT molecular complexity index is 866. The summed E-state index contributed by atoms with van der Waals surface area (Å²) in [4.78, 5) is 25.5. The number of ether oxygens (including phenoxy) is 2. The summed E-state index contributed by atoms with van der Waals surface area (Å²) in [7, 11) is 1.45. The molecule has 0 fully saturated rings. The highest BCUT2D eigenvalue weighted by Crippen LogP contribution is 2.31. The molecule has 26 heavy (non-hydrogen) atoms. The van der Waals surface area contributed by atoms with Gasteiger partial charge in [0.25, 0.3) is 11.8 Å². The number of aromatic hydroxyl groups is 1. The van der Waals surface area contributed by atoms with Crippen molar-refractivity contribution in [2.75, 3.05) is 25.2 Å². The van der Waals surface area contributed by atoms with Gasteiger partial charge in [0.2, 0.25) is 0 Å². The third-order valence-electron chi connectivity index (χ3n) is 3.72. The zero-order chi connectivity index (χ0) is 18.5. The normalized spacial score (nSPS) is 13.3. The van der Waals surface area contributed by atoms with Crippen molar-refractivity contribution in [1.29, 1.82) is 0 Å². The van der Waals surface area contributed by atoms with Gasteiger partial charge >= 0.3 is 0 Å². The maximum Gasteiger partial charge on any atom is 0.265 e. The van der Waals surface area contributed by atoms with Crippen molar-refractivity contribution < 1.29 is 24.2 Å². The van der Waals surface area contributed by atoms with Gasteiger partial charge in [0.05, 0.1) is 19.0 Å². The molecular formula is C18H17N3O5. The zero-order valence-electron chi connectivity index (χ0n) is 14.0. The van der Waals surface area contributed by atoms with E-state index in [1.165, 1.54) is 24.3 Å². The first-order valence-corrected chi connectivity index (χ1v) is 7.79. The number of hydrogen-bond donors (Lipinski definition) is 2. The van der Waals surface area contributed by atoms with Gasteiger partial charge < -0.3 is 14.6 Å². The van der Waals surface area contributed by atoms with Crippen molar-refractivity contribution in [3.63, 3.8) is 0 Å². The molecule has 0 unspecified atom stereocenters. The Balaban J connectivity index is 1.62. The average Bonchev–Trinajstić information content (AvgIpc) is 2.64. The van der Waals surface area contributed by atoms with E-state index in [0.717, 1.165) is 0 Å². The number of amides is 2. The van der Waals surface area contributed by atoms with Gasteiger partial charge in [-0.1, -0.05) is 12.1 Å². The second kappa shape index (κ2) is 7.56. The van der Waals surface area contributed by atoms with Gasteiger partial charge in [0.1, 0.15) is 12.3 Å². The molecule has 0 aliphatic carbocycles. The molecule has 8 heteroatoms. The maximum atomic E-state index is 12.1. The number of methoxy groups -OCH3 is 1. The second-order valence-corrected chi connectivity index (χ2v) is 5.46. The molecule has 0 saturated carbocycles. The number of phenolic OH excluding ortho intramolecular Hbond substituents is 1. The summed E-state index contributed by atoms with van der Waals surface area (Å²) in [5, 5.41) is 13.5. The minimum Gasteiger partial charge on any atom is -0.504 e. The number of nitrogens with one attached hydrogen (secondary N) is 1. The van der Waals surface area contributed by atoms with E-state index in [4.69, 9.17) is 9.47 Å². The zero-order valence-corrected chi connectivity index (χ0v) is 14.0. The van der Waals surface area contributed by atoms with Crippen LogP contribution in [0.3, 0.4) is 0 Å². The molecule has 1 heterocycles. The van der Waals surface area contributed by atoms with Crippen molar-refractivity contribution in [2.45, 2.75) is 0 Å². The van der Waals surface area contributed by atoms with E-state index >= 15 is 0 Å². The fourth-order valence-electron chi connectivity index (χ4n) is 2.47. The largest absolute Gasteiger partial charge is 0.504 e. The molecule has 8 nitrogen and oxygen atoms in total. The molecule has 3 rings (SSSR count). The van der Waals surface area contributed by atoms with Crippen LogP contribution in [0.4, 0.5) is 5.69 Å². The van der Waals surface area contributed by atoms with E-state index < -0.39 is 5.91 Å². The first-order chi connectivity index (χ1) is 12.6. The molecule has 0 saturated heterocycles. The summed E-state index contributed by atoms with van der Waals surface area (Å²) in [5.41, 5.74) is 3.49. The molecule has 0 radical (unpaired) electrons. The van der Waals surface area contributed by atoms with Crippen LogP contribution in [-0.4, -0.2) is 43.4 Å². The molecule has 2 amide bonds. The van der Waals surface area contributed by atoms with Gasteiger partial charge in [-0.3, -0.25) is 14.5 Å². The van der Waals surface area contributed by atoms with Crippen molar-refractivity contribution in [1.82, 2.24) is 5.43 Å². The SMILES string of the molecule is COc1ccc(/C=N\NC(=O)CN2C(=O)COc3ccccc32)cc1O. The van der Waals surface area contributed by atoms with Gasteiger partial charge in [-0.05, 0) is 35.9 Å². The van der Waals surface area contributed by atoms with Crippen LogP contribution in [0.5, 0.6) is 17.2 Å². The summed E-state index contributed by atoms with van der Waals surface area (Å²) < 4.78 is 10.3. The molecule has 1 aliphatic heterocycles. The molecule has 0 bridgehead atoms. The predicted octanol–water partition coefficient (Wildman–Crippen LogP) is 1.28. The van der Waals surface area contributed by atoms with Crippen LogP contribution in [0.2, 0.25) is 0 Å². The fourth-order valence-corrected chi connectivity index (χ4v) is 2.47. The van der Waals surface area contributed by atoms with E-state index in [1.807, 2.05) is 0 Å². The molecule has 2 aromatic carbocycles. The highest BCUT2D eigenvalue weighted by Gasteiger charge is 2.26.